The van der Waals surface area contributed by atoms with Crippen LogP contribution in [-0.4, -0.2) is 44.9 Å². The Morgan fingerprint density at radius 1 is 1.14 bits per heavy atom. The molecule has 0 spiro atoms. The minimum absolute atomic E-state index is 0.153. The van der Waals surface area contributed by atoms with E-state index in [0.717, 1.165) is 25.5 Å². The maximum atomic E-state index is 12.5. The highest BCUT2D eigenvalue weighted by Crippen LogP contribution is 2.34. The molecule has 0 radical (unpaired) electrons. The largest absolute Gasteiger partial charge is 0.476 e. The topological polar surface area (TPSA) is 83.4 Å². The van der Waals surface area contributed by atoms with Gasteiger partial charge in [0.05, 0.1) is 12.4 Å². The number of hydrogen-bond acceptors (Lipinski definition) is 4. The molecular weight excluding hydrogens is 282 g/mol. The van der Waals surface area contributed by atoms with E-state index in [1.54, 1.807) is 4.90 Å². The third-order valence-electron chi connectivity index (χ3n) is 4.33. The summed E-state index contributed by atoms with van der Waals surface area (Å²) in [6.45, 7) is 8.15. The molecule has 120 valence electrons. The second-order valence-corrected chi connectivity index (χ2v) is 6.88. The zero-order chi connectivity index (χ0) is 16.3. The molecule has 1 amide bonds. The summed E-state index contributed by atoms with van der Waals surface area (Å²) in [5.41, 5.74) is 0.307. The Balaban J connectivity index is 2.05. The van der Waals surface area contributed by atoms with E-state index < -0.39 is 5.97 Å². The van der Waals surface area contributed by atoms with Crippen molar-refractivity contribution in [3.8, 4) is 0 Å². The first-order valence-electron chi connectivity index (χ1n) is 7.63. The molecule has 6 heteroatoms. The van der Waals surface area contributed by atoms with Crippen molar-refractivity contribution < 1.29 is 14.7 Å². The first-order valence-corrected chi connectivity index (χ1v) is 7.63. The molecule has 1 aromatic heterocycles. The fourth-order valence-electron chi connectivity index (χ4n) is 2.88. The summed E-state index contributed by atoms with van der Waals surface area (Å²) in [6, 6.07) is 0. The predicted molar refractivity (Wildman–Crippen MR) is 81.7 cm³/mol. The second-order valence-electron chi connectivity index (χ2n) is 6.88. The Morgan fingerprint density at radius 2 is 1.77 bits per heavy atom. The highest BCUT2D eigenvalue weighted by molar-refractivity contribution is 5.92. The van der Waals surface area contributed by atoms with E-state index in [-0.39, 0.29) is 22.7 Å². The van der Waals surface area contributed by atoms with Crippen molar-refractivity contribution in [1.29, 1.82) is 0 Å². The molecule has 0 aliphatic carbocycles. The molecule has 2 heterocycles. The Hall–Kier alpha value is -1.98. The lowest BCUT2D eigenvalue weighted by atomic mass is 9.77. The van der Waals surface area contributed by atoms with Gasteiger partial charge in [0.1, 0.15) is 5.69 Å². The Labute approximate surface area is 130 Å². The lowest BCUT2D eigenvalue weighted by Gasteiger charge is -2.29. The number of carboxylic acids is 1. The first kappa shape index (κ1) is 16.4. The molecule has 0 aromatic carbocycles. The van der Waals surface area contributed by atoms with Crippen LogP contribution in [0, 0.1) is 11.3 Å². The first-order chi connectivity index (χ1) is 10.3. The molecule has 2 rings (SSSR count). The van der Waals surface area contributed by atoms with Crippen LogP contribution in [0.5, 0.6) is 0 Å². The number of aromatic carboxylic acids is 1. The van der Waals surface area contributed by atoms with Crippen molar-refractivity contribution in [3.63, 3.8) is 0 Å². The zero-order valence-electron chi connectivity index (χ0n) is 13.4. The van der Waals surface area contributed by atoms with Crippen LogP contribution >= 0.6 is 0 Å². The molecule has 1 N–H and O–H groups in total. The molecule has 0 bridgehead atoms. The predicted octanol–water partition coefficient (Wildman–Crippen LogP) is 2.46. The van der Waals surface area contributed by atoms with E-state index in [1.807, 2.05) is 0 Å². The fraction of sp³-hybridized carbons (Fsp3) is 0.625. The maximum absolute atomic E-state index is 12.5. The SMILES string of the molecule is CC(C)(C)C1CCCN(C(=O)c2cnc(C(=O)O)cn2)CC1. The van der Waals surface area contributed by atoms with Gasteiger partial charge < -0.3 is 10.0 Å². The molecular formula is C16H23N3O3. The van der Waals surface area contributed by atoms with Crippen LogP contribution < -0.4 is 0 Å². The normalized spacial score (nSPS) is 19.6. The van der Waals surface area contributed by atoms with Gasteiger partial charge in [-0.1, -0.05) is 20.8 Å². The molecule has 1 saturated heterocycles. The van der Waals surface area contributed by atoms with Gasteiger partial charge in [0, 0.05) is 13.1 Å². The van der Waals surface area contributed by atoms with E-state index in [4.69, 9.17) is 5.11 Å². The lowest BCUT2D eigenvalue weighted by Crippen LogP contribution is -2.33. The van der Waals surface area contributed by atoms with Gasteiger partial charge in [-0.2, -0.15) is 0 Å². The van der Waals surface area contributed by atoms with Crippen molar-refractivity contribution in [2.24, 2.45) is 11.3 Å². The smallest absolute Gasteiger partial charge is 0.356 e. The van der Waals surface area contributed by atoms with Crippen LogP contribution in [0.1, 0.15) is 61.0 Å². The molecule has 1 unspecified atom stereocenters. The number of carboxylic acid groups (broad SMARTS) is 1. The number of amides is 1. The zero-order valence-corrected chi connectivity index (χ0v) is 13.4. The summed E-state index contributed by atoms with van der Waals surface area (Å²) in [5, 5.41) is 8.81. The van der Waals surface area contributed by atoms with Crippen LogP contribution in [0.25, 0.3) is 0 Å². The van der Waals surface area contributed by atoms with Gasteiger partial charge in [-0.15, -0.1) is 0 Å². The average molecular weight is 305 g/mol. The molecule has 22 heavy (non-hydrogen) atoms. The molecule has 0 saturated carbocycles. The van der Waals surface area contributed by atoms with Crippen molar-refractivity contribution in [2.45, 2.75) is 40.0 Å². The average Bonchev–Trinajstić information content (AvgIpc) is 2.72. The lowest BCUT2D eigenvalue weighted by molar-refractivity contribution is 0.0685. The van der Waals surface area contributed by atoms with Crippen molar-refractivity contribution >= 4 is 11.9 Å². The van der Waals surface area contributed by atoms with E-state index in [2.05, 4.69) is 30.7 Å². The van der Waals surface area contributed by atoms with E-state index in [9.17, 15) is 9.59 Å². The van der Waals surface area contributed by atoms with E-state index >= 15 is 0 Å². The number of aromatic nitrogens is 2. The third-order valence-corrected chi connectivity index (χ3v) is 4.33. The number of likely N-dealkylation sites (tertiary alicyclic amines) is 1. The third kappa shape index (κ3) is 3.81. The number of hydrogen-bond donors (Lipinski definition) is 1. The van der Waals surface area contributed by atoms with Crippen molar-refractivity contribution in [1.82, 2.24) is 14.9 Å². The minimum atomic E-state index is -1.14. The van der Waals surface area contributed by atoms with Gasteiger partial charge in [0.25, 0.3) is 5.91 Å². The number of nitrogens with zero attached hydrogens (tertiary/aromatic N) is 3. The summed E-state index contributed by atoms with van der Waals surface area (Å²) < 4.78 is 0. The summed E-state index contributed by atoms with van der Waals surface area (Å²) >= 11 is 0. The van der Waals surface area contributed by atoms with Gasteiger partial charge >= 0.3 is 5.97 Å². The van der Waals surface area contributed by atoms with Gasteiger partial charge in [0.15, 0.2) is 5.69 Å². The van der Waals surface area contributed by atoms with Crippen LogP contribution in [0.4, 0.5) is 0 Å². The van der Waals surface area contributed by atoms with Gasteiger partial charge in [-0.3, -0.25) is 4.79 Å². The number of carbonyl (C=O) groups excluding carboxylic acids is 1. The van der Waals surface area contributed by atoms with E-state index in [1.165, 1.54) is 6.20 Å². The second kappa shape index (κ2) is 6.42. The van der Waals surface area contributed by atoms with Crippen LogP contribution in [0.3, 0.4) is 0 Å². The molecule has 1 aliphatic rings. The Kier molecular flexibility index (Phi) is 4.78. The van der Waals surface area contributed by atoms with Gasteiger partial charge in [-0.25, -0.2) is 14.8 Å². The summed E-state index contributed by atoms with van der Waals surface area (Å²) in [4.78, 5) is 32.7. The van der Waals surface area contributed by atoms with Gasteiger partial charge in [0.2, 0.25) is 0 Å². The van der Waals surface area contributed by atoms with Crippen LogP contribution in [0.15, 0.2) is 12.4 Å². The summed E-state index contributed by atoms with van der Waals surface area (Å²) in [5.74, 6) is -0.709. The summed E-state index contributed by atoms with van der Waals surface area (Å²) in [6.07, 6.45) is 5.46. The highest BCUT2D eigenvalue weighted by Gasteiger charge is 2.29. The Bertz CT molecular complexity index is 549. The summed E-state index contributed by atoms with van der Waals surface area (Å²) in [7, 11) is 0. The molecule has 1 atom stereocenters. The molecule has 1 fully saturated rings. The maximum Gasteiger partial charge on any atom is 0.356 e. The molecule has 1 aromatic rings. The quantitative estimate of drug-likeness (QED) is 0.907. The van der Waals surface area contributed by atoms with Crippen LogP contribution in [-0.2, 0) is 0 Å². The highest BCUT2D eigenvalue weighted by atomic mass is 16.4. The number of rotatable bonds is 2. The van der Waals surface area contributed by atoms with Crippen LogP contribution in [0.2, 0.25) is 0 Å². The monoisotopic (exact) mass is 305 g/mol. The van der Waals surface area contributed by atoms with Gasteiger partial charge in [-0.05, 0) is 30.6 Å². The van der Waals surface area contributed by atoms with Crippen molar-refractivity contribution in [3.05, 3.63) is 23.8 Å². The fourth-order valence-corrected chi connectivity index (χ4v) is 2.88. The molecule has 6 nitrogen and oxygen atoms in total. The van der Waals surface area contributed by atoms with Crippen molar-refractivity contribution in [2.75, 3.05) is 13.1 Å². The minimum Gasteiger partial charge on any atom is -0.476 e. The van der Waals surface area contributed by atoms with E-state index in [0.29, 0.717) is 19.0 Å². The Morgan fingerprint density at radius 3 is 2.32 bits per heavy atom. The standard InChI is InChI=1S/C16H23N3O3/c1-16(2,3)11-5-4-7-19(8-6-11)14(20)12-9-18-13(10-17-12)15(21)22/h9-11H,4-8H2,1-3H3,(H,21,22). The molecule has 1 aliphatic heterocycles. The number of carbonyl (C=O) groups is 2.